The lowest BCUT2D eigenvalue weighted by Gasteiger charge is -2.04. The lowest BCUT2D eigenvalue weighted by Crippen LogP contribution is -2.17. The second-order valence-electron chi connectivity index (χ2n) is 4.78. The molecule has 2 amide bonds. The Hall–Kier alpha value is -1.69. The summed E-state index contributed by atoms with van der Waals surface area (Å²) in [6, 6.07) is 10.0. The molecule has 0 unspecified atom stereocenters. The fourth-order valence-electron chi connectivity index (χ4n) is 1.82. The molecular formula is C16H13I2N3O3. The van der Waals surface area contributed by atoms with Crippen molar-refractivity contribution in [3.63, 3.8) is 0 Å². The van der Waals surface area contributed by atoms with E-state index in [9.17, 15) is 14.7 Å². The zero-order valence-corrected chi connectivity index (χ0v) is 16.8. The maximum atomic E-state index is 12.0. The summed E-state index contributed by atoms with van der Waals surface area (Å²) in [5.41, 5.74) is 3.94. The minimum Gasteiger partial charge on any atom is -0.506 e. The molecule has 0 atom stereocenters. The third kappa shape index (κ3) is 5.16. The first-order valence-corrected chi connectivity index (χ1v) is 8.91. The number of nitrogens with one attached hydrogen (secondary N) is 2. The van der Waals surface area contributed by atoms with Crippen LogP contribution < -0.4 is 10.7 Å². The minimum atomic E-state index is -0.388. The number of benzene rings is 2. The molecule has 3 N–H and O–H groups in total. The molecule has 0 aromatic heterocycles. The summed E-state index contributed by atoms with van der Waals surface area (Å²) in [4.78, 5) is 23.0. The predicted octanol–water partition coefficient (Wildman–Crippen LogP) is 3.32. The molecule has 0 radical (unpaired) electrons. The van der Waals surface area contributed by atoms with Gasteiger partial charge >= 0.3 is 0 Å². The largest absolute Gasteiger partial charge is 0.506 e. The molecule has 0 heterocycles. The molecule has 0 saturated heterocycles. The molecule has 24 heavy (non-hydrogen) atoms. The van der Waals surface area contributed by atoms with Gasteiger partial charge in [-0.2, -0.15) is 5.10 Å². The number of phenols is 1. The number of hydrogen-bond acceptors (Lipinski definition) is 4. The van der Waals surface area contributed by atoms with Crippen LogP contribution in [0.4, 0.5) is 5.69 Å². The standard InChI is InChI=1S/C16H13I2N3O3/c1-9(22)20-13-4-2-10(3-5-13)16(24)21-19-8-11-6-12(17)7-14(18)15(11)23/h2-8,23H,1H3,(H,20,22)(H,21,24)/b19-8-. The second-order valence-corrected chi connectivity index (χ2v) is 7.19. The van der Waals surface area contributed by atoms with Crippen LogP contribution in [0.15, 0.2) is 41.5 Å². The Morgan fingerprint density at radius 3 is 2.46 bits per heavy atom. The molecule has 124 valence electrons. The molecule has 8 heteroatoms. The van der Waals surface area contributed by atoms with Crippen molar-refractivity contribution < 1.29 is 14.7 Å². The zero-order valence-electron chi connectivity index (χ0n) is 12.5. The van der Waals surface area contributed by atoms with Crippen LogP contribution >= 0.6 is 45.2 Å². The van der Waals surface area contributed by atoms with E-state index in [0.29, 0.717) is 20.4 Å². The first-order valence-electron chi connectivity index (χ1n) is 6.76. The minimum absolute atomic E-state index is 0.119. The number of anilines is 1. The summed E-state index contributed by atoms with van der Waals surface area (Å²) in [5, 5.41) is 16.5. The number of carbonyl (C=O) groups excluding carboxylic acids is 2. The van der Waals surface area contributed by atoms with Gasteiger partial charge in [0.1, 0.15) is 5.75 Å². The van der Waals surface area contributed by atoms with E-state index in [-0.39, 0.29) is 17.6 Å². The number of carbonyl (C=O) groups is 2. The van der Waals surface area contributed by atoms with Crippen molar-refractivity contribution in [3.8, 4) is 5.75 Å². The number of aromatic hydroxyl groups is 1. The van der Waals surface area contributed by atoms with Gasteiger partial charge in [-0.25, -0.2) is 5.43 Å². The van der Waals surface area contributed by atoms with Crippen LogP contribution in [0, 0.1) is 7.14 Å². The van der Waals surface area contributed by atoms with E-state index >= 15 is 0 Å². The van der Waals surface area contributed by atoms with Crippen molar-refractivity contribution in [1.29, 1.82) is 0 Å². The van der Waals surface area contributed by atoms with Crippen LogP contribution in [-0.2, 0) is 4.79 Å². The SMILES string of the molecule is CC(=O)Nc1ccc(C(=O)N/N=C\c2cc(I)cc(I)c2O)cc1. The van der Waals surface area contributed by atoms with Crippen LogP contribution in [0.1, 0.15) is 22.8 Å². The highest BCUT2D eigenvalue weighted by molar-refractivity contribution is 14.1. The number of halogens is 2. The summed E-state index contributed by atoms with van der Waals surface area (Å²) < 4.78 is 1.66. The lowest BCUT2D eigenvalue weighted by molar-refractivity contribution is -0.114. The molecule has 0 aliphatic heterocycles. The number of rotatable bonds is 4. The van der Waals surface area contributed by atoms with Crippen LogP contribution in [0.25, 0.3) is 0 Å². The van der Waals surface area contributed by atoms with Gasteiger partial charge in [0.05, 0.1) is 9.78 Å². The van der Waals surface area contributed by atoms with E-state index in [0.717, 1.165) is 3.57 Å². The average molecular weight is 549 g/mol. The van der Waals surface area contributed by atoms with E-state index in [1.807, 2.05) is 28.7 Å². The van der Waals surface area contributed by atoms with E-state index < -0.39 is 0 Å². The smallest absolute Gasteiger partial charge is 0.271 e. The molecule has 2 rings (SSSR count). The Kier molecular flexibility index (Phi) is 6.54. The highest BCUT2D eigenvalue weighted by Gasteiger charge is 2.07. The number of nitrogens with zero attached hydrogens (tertiary/aromatic N) is 1. The maximum absolute atomic E-state index is 12.0. The van der Waals surface area contributed by atoms with Crippen molar-refractivity contribution in [1.82, 2.24) is 5.43 Å². The summed E-state index contributed by atoms with van der Waals surface area (Å²) in [6.07, 6.45) is 1.39. The van der Waals surface area contributed by atoms with Gasteiger partial charge in [0.2, 0.25) is 5.91 Å². The molecule has 0 spiro atoms. The van der Waals surface area contributed by atoms with Crippen LogP contribution in [0.3, 0.4) is 0 Å². The van der Waals surface area contributed by atoms with Crippen LogP contribution in [-0.4, -0.2) is 23.1 Å². The third-order valence-corrected chi connectivity index (χ3v) is 4.34. The molecular weight excluding hydrogens is 536 g/mol. The van der Waals surface area contributed by atoms with Crippen molar-refractivity contribution in [2.45, 2.75) is 6.92 Å². The van der Waals surface area contributed by atoms with E-state index in [1.165, 1.54) is 13.1 Å². The first kappa shape index (κ1) is 18.6. The molecule has 2 aromatic rings. The van der Waals surface area contributed by atoms with E-state index in [2.05, 4.69) is 38.4 Å². The number of hydrazone groups is 1. The lowest BCUT2D eigenvalue weighted by atomic mass is 10.2. The third-order valence-electron chi connectivity index (χ3n) is 2.89. The zero-order chi connectivity index (χ0) is 17.7. The summed E-state index contributed by atoms with van der Waals surface area (Å²) >= 11 is 4.17. The first-order chi connectivity index (χ1) is 11.4. The van der Waals surface area contributed by atoms with Gasteiger partial charge in [-0.15, -0.1) is 0 Å². The predicted molar refractivity (Wildman–Crippen MR) is 109 cm³/mol. The Morgan fingerprint density at radius 2 is 1.83 bits per heavy atom. The van der Waals surface area contributed by atoms with Crippen molar-refractivity contribution in [2.75, 3.05) is 5.32 Å². The Labute approximate surface area is 166 Å². The van der Waals surface area contributed by atoms with E-state index in [1.54, 1.807) is 30.3 Å². The molecule has 0 aliphatic carbocycles. The summed E-state index contributed by atoms with van der Waals surface area (Å²) in [7, 11) is 0. The highest BCUT2D eigenvalue weighted by atomic mass is 127. The van der Waals surface area contributed by atoms with Gasteiger partial charge in [0.25, 0.3) is 5.91 Å². The van der Waals surface area contributed by atoms with Gasteiger partial charge in [-0.1, -0.05) is 0 Å². The normalized spacial score (nSPS) is 10.6. The van der Waals surface area contributed by atoms with Crippen LogP contribution in [0.2, 0.25) is 0 Å². The molecule has 2 aromatic carbocycles. The van der Waals surface area contributed by atoms with Gasteiger partial charge in [-0.3, -0.25) is 9.59 Å². The topological polar surface area (TPSA) is 90.8 Å². The molecule has 0 bridgehead atoms. The van der Waals surface area contributed by atoms with Gasteiger partial charge < -0.3 is 10.4 Å². The highest BCUT2D eigenvalue weighted by Crippen LogP contribution is 2.25. The van der Waals surface area contributed by atoms with E-state index in [4.69, 9.17) is 0 Å². The fourth-order valence-corrected chi connectivity index (χ4v) is 3.71. The van der Waals surface area contributed by atoms with Crippen molar-refractivity contribution >= 4 is 68.9 Å². The molecule has 0 aliphatic rings. The monoisotopic (exact) mass is 549 g/mol. The average Bonchev–Trinajstić information content (AvgIpc) is 2.52. The number of hydrogen-bond donors (Lipinski definition) is 3. The summed E-state index contributed by atoms with van der Waals surface area (Å²) in [6.45, 7) is 1.41. The maximum Gasteiger partial charge on any atom is 0.271 e. The Morgan fingerprint density at radius 1 is 1.17 bits per heavy atom. The molecule has 6 nitrogen and oxygen atoms in total. The fraction of sp³-hybridized carbons (Fsp3) is 0.0625. The number of amides is 2. The van der Waals surface area contributed by atoms with Gasteiger partial charge in [0.15, 0.2) is 0 Å². The van der Waals surface area contributed by atoms with Gasteiger partial charge in [0, 0.05) is 27.3 Å². The van der Waals surface area contributed by atoms with Crippen LogP contribution in [0.5, 0.6) is 5.75 Å². The Balaban J connectivity index is 2.04. The Bertz CT molecular complexity index is 805. The van der Waals surface area contributed by atoms with Crippen molar-refractivity contribution in [3.05, 3.63) is 54.7 Å². The quantitative estimate of drug-likeness (QED) is 0.311. The van der Waals surface area contributed by atoms with Gasteiger partial charge in [-0.05, 0) is 81.6 Å². The second kappa shape index (κ2) is 8.42. The number of phenolic OH excluding ortho intramolecular Hbond substituents is 1. The molecule has 0 saturated carbocycles. The van der Waals surface area contributed by atoms with Crippen molar-refractivity contribution in [2.24, 2.45) is 5.10 Å². The molecule has 0 fully saturated rings. The summed E-state index contributed by atoms with van der Waals surface area (Å²) in [5.74, 6) is -0.446.